The molecule has 1 aromatic heterocycles. The molecule has 8 heteroatoms. The van der Waals surface area contributed by atoms with E-state index in [1.165, 1.54) is 23.5 Å². The minimum atomic E-state index is -0.353. The molecule has 1 fully saturated rings. The Morgan fingerprint density at radius 1 is 1.06 bits per heavy atom. The Hall–Kier alpha value is -3.78. The Balaban J connectivity index is 1.49. The summed E-state index contributed by atoms with van der Waals surface area (Å²) in [4.78, 5) is 37.6. The average Bonchev–Trinajstić information content (AvgIpc) is 3.05. The van der Waals surface area contributed by atoms with Crippen molar-refractivity contribution in [1.29, 1.82) is 0 Å². The Bertz CT molecular complexity index is 1090. The summed E-state index contributed by atoms with van der Waals surface area (Å²) in [5, 5.41) is 0. The van der Waals surface area contributed by atoms with Gasteiger partial charge in [-0.05, 0) is 29.7 Å². The van der Waals surface area contributed by atoms with Crippen LogP contribution < -0.4 is 4.74 Å². The fourth-order valence-electron chi connectivity index (χ4n) is 3.91. The first kappa shape index (κ1) is 23.4. The van der Waals surface area contributed by atoms with E-state index in [0.717, 1.165) is 23.3 Å². The van der Waals surface area contributed by atoms with Crippen LogP contribution in [0.4, 0.5) is 0 Å². The van der Waals surface area contributed by atoms with Gasteiger partial charge >= 0.3 is 0 Å². The Morgan fingerprint density at radius 3 is 2.65 bits per heavy atom. The van der Waals surface area contributed by atoms with Crippen molar-refractivity contribution in [2.24, 2.45) is 0 Å². The summed E-state index contributed by atoms with van der Waals surface area (Å²) in [6, 6.07) is 17.7. The van der Waals surface area contributed by atoms with Gasteiger partial charge in [-0.3, -0.25) is 14.6 Å². The minimum absolute atomic E-state index is 0.0246. The predicted octanol–water partition coefficient (Wildman–Crippen LogP) is 2.60. The van der Waals surface area contributed by atoms with Gasteiger partial charge in [0.1, 0.15) is 18.0 Å². The van der Waals surface area contributed by atoms with Crippen LogP contribution in [0.5, 0.6) is 5.75 Å². The number of hydrogen-bond donors (Lipinski definition) is 0. The molecule has 176 valence electrons. The van der Waals surface area contributed by atoms with E-state index in [0.29, 0.717) is 19.7 Å². The highest BCUT2D eigenvalue weighted by Gasteiger charge is 2.31. The van der Waals surface area contributed by atoms with Gasteiger partial charge in [0, 0.05) is 32.0 Å². The van der Waals surface area contributed by atoms with Crippen LogP contribution in [0.2, 0.25) is 0 Å². The molecule has 0 aliphatic carbocycles. The van der Waals surface area contributed by atoms with Crippen molar-refractivity contribution >= 4 is 11.8 Å². The molecular weight excluding hydrogens is 432 g/mol. The lowest BCUT2D eigenvalue weighted by Gasteiger charge is -2.25. The van der Waals surface area contributed by atoms with Gasteiger partial charge in [0.25, 0.3) is 5.91 Å². The number of ether oxygens (including phenoxy) is 2. The summed E-state index contributed by atoms with van der Waals surface area (Å²) < 4.78 is 11.5. The number of rotatable bonds is 8. The van der Waals surface area contributed by atoms with E-state index >= 15 is 0 Å². The second kappa shape index (κ2) is 11.4. The van der Waals surface area contributed by atoms with Crippen molar-refractivity contribution in [3.8, 4) is 5.75 Å². The molecule has 2 heterocycles. The van der Waals surface area contributed by atoms with Crippen molar-refractivity contribution in [2.45, 2.75) is 19.1 Å². The van der Waals surface area contributed by atoms with E-state index < -0.39 is 0 Å². The third kappa shape index (κ3) is 6.17. The van der Waals surface area contributed by atoms with Crippen LogP contribution in [0.3, 0.4) is 0 Å². The molecule has 3 aromatic rings. The molecule has 1 aliphatic rings. The number of nitrogens with zero attached hydrogens (tertiary/aromatic N) is 4. The van der Waals surface area contributed by atoms with Gasteiger partial charge in [-0.2, -0.15) is 0 Å². The van der Waals surface area contributed by atoms with E-state index in [9.17, 15) is 9.59 Å². The standard InChI is InChI=1S/C26H28N4O4/c1-33-22-9-5-8-21(14-22)19-34-23-16-29(13-10-20-6-3-2-4-7-20)25(31)18-30(17-23)26(32)24-15-27-11-12-28-24/h2-9,11-12,14-15,23H,10,13,16-19H2,1H3/t23-/m0/s1. The smallest absolute Gasteiger partial charge is 0.274 e. The highest BCUT2D eigenvalue weighted by atomic mass is 16.5. The number of amides is 2. The second-order valence-corrected chi connectivity index (χ2v) is 8.14. The van der Waals surface area contributed by atoms with Gasteiger partial charge in [0.15, 0.2) is 0 Å². The highest BCUT2D eigenvalue weighted by molar-refractivity contribution is 5.95. The maximum atomic E-state index is 13.1. The van der Waals surface area contributed by atoms with Crippen LogP contribution in [0.15, 0.2) is 73.2 Å². The fourth-order valence-corrected chi connectivity index (χ4v) is 3.91. The Morgan fingerprint density at radius 2 is 1.88 bits per heavy atom. The molecule has 0 unspecified atom stereocenters. The SMILES string of the molecule is COc1cccc(CO[C@H]2CN(CCc3ccccc3)C(=O)CN(C(=O)c3cnccn3)C2)c1. The molecule has 1 atom stereocenters. The Labute approximate surface area is 199 Å². The summed E-state index contributed by atoms with van der Waals surface area (Å²) in [6.45, 7) is 1.56. The molecule has 34 heavy (non-hydrogen) atoms. The van der Waals surface area contributed by atoms with Gasteiger partial charge in [-0.15, -0.1) is 0 Å². The van der Waals surface area contributed by atoms with Crippen molar-refractivity contribution in [2.75, 3.05) is 33.3 Å². The number of aromatic nitrogens is 2. The highest BCUT2D eigenvalue weighted by Crippen LogP contribution is 2.17. The largest absolute Gasteiger partial charge is 0.497 e. The number of carbonyl (C=O) groups excluding carboxylic acids is 2. The van der Waals surface area contributed by atoms with Crippen LogP contribution in [-0.2, 0) is 22.6 Å². The topological polar surface area (TPSA) is 84.9 Å². The first-order valence-electron chi connectivity index (χ1n) is 11.2. The van der Waals surface area contributed by atoms with Crippen LogP contribution in [0.25, 0.3) is 0 Å². The van der Waals surface area contributed by atoms with Gasteiger partial charge in [-0.1, -0.05) is 42.5 Å². The van der Waals surface area contributed by atoms with Gasteiger partial charge in [-0.25, -0.2) is 4.98 Å². The molecule has 0 N–H and O–H groups in total. The molecule has 8 nitrogen and oxygen atoms in total. The van der Waals surface area contributed by atoms with Crippen molar-refractivity contribution < 1.29 is 19.1 Å². The van der Waals surface area contributed by atoms with Crippen LogP contribution in [0, 0.1) is 0 Å². The molecule has 4 rings (SSSR count). The zero-order valence-electron chi connectivity index (χ0n) is 19.2. The van der Waals surface area contributed by atoms with E-state index in [2.05, 4.69) is 9.97 Å². The molecule has 0 saturated carbocycles. The summed E-state index contributed by atoms with van der Waals surface area (Å²) >= 11 is 0. The first-order chi connectivity index (χ1) is 16.6. The predicted molar refractivity (Wildman–Crippen MR) is 126 cm³/mol. The maximum absolute atomic E-state index is 13.1. The number of hydrogen-bond acceptors (Lipinski definition) is 6. The molecule has 1 aliphatic heterocycles. The summed E-state index contributed by atoms with van der Waals surface area (Å²) in [7, 11) is 1.62. The summed E-state index contributed by atoms with van der Waals surface area (Å²) in [5.41, 5.74) is 2.32. The zero-order valence-corrected chi connectivity index (χ0v) is 19.2. The van der Waals surface area contributed by atoms with Crippen molar-refractivity contribution in [1.82, 2.24) is 19.8 Å². The van der Waals surface area contributed by atoms with E-state index in [1.807, 2.05) is 54.6 Å². The molecule has 2 amide bonds. The first-order valence-corrected chi connectivity index (χ1v) is 11.2. The normalized spacial score (nSPS) is 16.3. The van der Waals surface area contributed by atoms with Gasteiger partial charge in [0.2, 0.25) is 5.91 Å². The van der Waals surface area contributed by atoms with Gasteiger partial charge < -0.3 is 19.3 Å². The second-order valence-electron chi connectivity index (χ2n) is 8.14. The molecule has 0 spiro atoms. The van der Waals surface area contributed by atoms with Crippen LogP contribution >= 0.6 is 0 Å². The molecule has 1 saturated heterocycles. The minimum Gasteiger partial charge on any atom is -0.497 e. The number of carbonyl (C=O) groups is 2. The van der Waals surface area contributed by atoms with Gasteiger partial charge in [0.05, 0.1) is 26.0 Å². The number of methoxy groups -OCH3 is 1. The quantitative estimate of drug-likeness (QED) is 0.514. The lowest BCUT2D eigenvalue weighted by molar-refractivity contribution is -0.131. The Kier molecular flexibility index (Phi) is 7.83. The molecule has 0 radical (unpaired) electrons. The molecular formula is C26H28N4O4. The van der Waals surface area contributed by atoms with Crippen LogP contribution in [-0.4, -0.2) is 71.0 Å². The van der Waals surface area contributed by atoms with Crippen LogP contribution in [0.1, 0.15) is 21.6 Å². The van der Waals surface area contributed by atoms with Crippen molar-refractivity contribution in [3.05, 3.63) is 90.0 Å². The molecule has 0 bridgehead atoms. The summed E-state index contributed by atoms with van der Waals surface area (Å²) in [6.07, 6.45) is 4.77. The maximum Gasteiger partial charge on any atom is 0.274 e. The fraction of sp³-hybridized carbons (Fsp3) is 0.308. The monoisotopic (exact) mass is 460 g/mol. The van der Waals surface area contributed by atoms with E-state index in [-0.39, 0.29) is 36.7 Å². The third-order valence-corrected chi connectivity index (χ3v) is 5.73. The van der Waals surface area contributed by atoms with Crippen molar-refractivity contribution in [3.63, 3.8) is 0 Å². The zero-order chi connectivity index (χ0) is 23.8. The lowest BCUT2D eigenvalue weighted by atomic mass is 10.1. The summed E-state index contributed by atoms with van der Waals surface area (Å²) in [5.74, 6) is 0.308. The molecule has 2 aromatic carbocycles. The third-order valence-electron chi connectivity index (χ3n) is 5.73. The van der Waals surface area contributed by atoms with E-state index in [1.54, 1.807) is 12.0 Å². The lowest BCUT2D eigenvalue weighted by Crippen LogP contribution is -2.40. The number of benzene rings is 2. The average molecular weight is 461 g/mol. The van der Waals surface area contributed by atoms with E-state index in [4.69, 9.17) is 9.47 Å².